The van der Waals surface area contributed by atoms with E-state index < -0.39 is 6.10 Å². The molecule has 404 valence electrons. The van der Waals surface area contributed by atoms with Gasteiger partial charge in [-0.1, -0.05) is 288 Å². The minimum absolute atomic E-state index is 0.0762. The summed E-state index contributed by atoms with van der Waals surface area (Å²) in [5.41, 5.74) is 0. The van der Waals surface area contributed by atoms with Gasteiger partial charge in [0.25, 0.3) is 0 Å². The first-order chi connectivity index (χ1) is 34.0. The summed E-state index contributed by atoms with van der Waals surface area (Å²) < 4.78 is 16.9. The molecule has 0 N–H and O–H groups in total. The average Bonchev–Trinajstić information content (AvgIpc) is 3.35. The van der Waals surface area contributed by atoms with Gasteiger partial charge < -0.3 is 14.2 Å². The Kier molecular flexibility index (Phi) is 56.2. The summed E-state index contributed by atoms with van der Waals surface area (Å²) in [6, 6.07) is 0. The maximum absolute atomic E-state index is 12.9. The zero-order valence-electron chi connectivity index (χ0n) is 46.3. The fourth-order valence-corrected chi connectivity index (χ4v) is 9.04. The quantitative estimate of drug-likeness (QED) is 0.0261. The van der Waals surface area contributed by atoms with Gasteiger partial charge in [0.2, 0.25) is 0 Å². The summed E-state index contributed by atoms with van der Waals surface area (Å²) in [7, 11) is 0. The lowest BCUT2D eigenvalue weighted by atomic mass is 10.0. The highest BCUT2D eigenvalue weighted by atomic mass is 16.6. The topological polar surface area (TPSA) is 78.9 Å². The minimum Gasteiger partial charge on any atom is -0.462 e. The van der Waals surface area contributed by atoms with E-state index in [0.29, 0.717) is 19.3 Å². The fraction of sp³-hybridized carbons (Fsp3) is 0.857. The van der Waals surface area contributed by atoms with Gasteiger partial charge >= 0.3 is 17.9 Å². The molecule has 0 radical (unpaired) electrons. The van der Waals surface area contributed by atoms with Crippen LogP contribution >= 0.6 is 0 Å². The fourth-order valence-electron chi connectivity index (χ4n) is 9.04. The molecule has 6 heteroatoms. The highest BCUT2D eigenvalue weighted by molar-refractivity contribution is 5.71. The molecule has 6 nitrogen and oxygen atoms in total. The van der Waals surface area contributed by atoms with Gasteiger partial charge in [0.15, 0.2) is 6.10 Å². The van der Waals surface area contributed by atoms with Crippen molar-refractivity contribution in [3.63, 3.8) is 0 Å². The molecule has 0 heterocycles. The zero-order chi connectivity index (χ0) is 50.0. The molecule has 0 spiro atoms. The highest BCUT2D eigenvalue weighted by Gasteiger charge is 2.19. The van der Waals surface area contributed by atoms with Crippen molar-refractivity contribution in [2.24, 2.45) is 0 Å². The molecule has 0 bridgehead atoms. The molecule has 0 aliphatic carbocycles. The molecular formula is C63H116O6. The van der Waals surface area contributed by atoms with Crippen LogP contribution in [0.2, 0.25) is 0 Å². The van der Waals surface area contributed by atoms with Gasteiger partial charge in [-0.3, -0.25) is 14.4 Å². The summed E-state index contributed by atoms with van der Waals surface area (Å²) in [6.45, 7) is 6.65. The lowest BCUT2D eigenvalue weighted by molar-refractivity contribution is -0.167. The molecule has 69 heavy (non-hydrogen) atoms. The number of allylic oxidation sites excluding steroid dienone is 6. The van der Waals surface area contributed by atoms with Gasteiger partial charge in [-0.25, -0.2) is 0 Å². The predicted molar refractivity (Wildman–Crippen MR) is 298 cm³/mol. The molecule has 0 fully saturated rings. The van der Waals surface area contributed by atoms with Crippen LogP contribution in [0, 0.1) is 0 Å². The SMILES string of the molecule is CCCCC/C=C/C/C=C/C/C=C/CCCCCCC(=O)O[C@H](COC(=O)CCCCCCCCCCCCCCCCC)COC(=O)CCCCCCCCCCCCCCCCCCCCC. The molecule has 0 aliphatic rings. The van der Waals surface area contributed by atoms with Crippen LogP contribution in [0.5, 0.6) is 0 Å². The van der Waals surface area contributed by atoms with Crippen LogP contribution in [0.4, 0.5) is 0 Å². The third kappa shape index (κ3) is 56.4. The second-order valence-corrected chi connectivity index (χ2v) is 20.6. The largest absolute Gasteiger partial charge is 0.462 e. The second kappa shape index (κ2) is 58.2. The normalized spacial score (nSPS) is 12.2. The van der Waals surface area contributed by atoms with Crippen LogP contribution in [0.15, 0.2) is 36.5 Å². The number of hydrogen-bond acceptors (Lipinski definition) is 6. The Labute approximate surface area is 429 Å². The molecule has 0 aromatic heterocycles. The molecule has 0 saturated heterocycles. The van der Waals surface area contributed by atoms with E-state index >= 15 is 0 Å². The summed E-state index contributed by atoms with van der Waals surface area (Å²) in [5.74, 6) is -0.875. The Hall–Kier alpha value is -2.37. The first kappa shape index (κ1) is 66.6. The molecule has 0 aliphatic heterocycles. The van der Waals surface area contributed by atoms with E-state index in [1.165, 1.54) is 205 Å². The average molecular weight is 970 g/mol. The molecule has 0 amide bonds. The highest BCUT2D eigenvalue weighted by Crippen LogP contribution is 2.17. The zero-order valence-corrected chi connectivity index (χ0v) is 46.3. The smallest absolute Gasteiger partial charge is 0.306 e. The van der Waals surface area contributed by atoms with Crippen molar-refractivity contribution in [3.05, 3.63) is 36.5 Å². The number of unbranched alkanes of at least 4 members (excludes halogenated alkanes) is 39. The number of rotatable bonds is 56. The van der Waals surface area contributed by atoms with Gasteiger partial charge in [0.05, 0.1) is 0 Å². The number of carbonyl (C=O) groups is 3. The van der Waals surface area contributed by atoms with Crippen molar-refractivity contribution in [1.29, 1.82) is 0 Å². The van der Waals surface area contributed by atoms with Crippen molar-refractivity contribution in [3.8, 4) is 0 Å². The minimum atomic E-state index is -0.780. The van der Waals surface area contributed by atoms with E-state index in [0.717, 1.165) is 83.5 Å². The molecule has 1 atom stereocenters. The van der Waals surface area contributed by atoms with E-state index in [1.807, 2.05) is 0 Å². The second-order valence-electron chi connectivity index (χ2n) is 20.6. The maximum Gasteiger partial charge on any atom is 0.306 e. The van der Waals surface area contributed by atoms with Gasteiger partial charge in [-0.15, -0.1) is 0 Å². The monoisotopic (exact) mass is 969 g/mol. The van der Waals surface area contributed by atoms with Crippen LogP contribution in [-0.2, 0) is 28.6 Å². The lowest BCUT2D eigenvalue weighted by Gasteiger charge is -2.18. The molecule has 0 unspecified atom stereocenters. The standard InChI is InChI=1S/C63H116O6/c1-4-7-10-13-16-19-22-25-28-30-31-33-35-38-41-44-47-50-53-56-62(65)68-59-60(58-67-61(64)55-52-49-46-43-40-37-34-27-24-21-18-15-12-9-6-3)69-63(66)57-54-51-48-45-42-39-36-32-29-26-23-20-17-14-11-8-5-2/h17,20,26,29,36,39,60H,4-16,18-19,21-25,27-28,30-35,37-38,40-59H2,1-3H3/b20-17+,29-26+,39-36+/t60-/m1/s1. The Bertz CT molecular complexity index is 1160. The van der Waals surface area contributed by atoms with Crippen LogP contribution in [0.1, 0.15) is 329 Å². The Balaban J connectivity index is 4.35. The first-order valence-electron chi connectivity index (χ1n) is 30.5. The molecule has 0 aromatic rings. The molecule has 0 aromatic carbocycles. The molecular weight excluding hydrogens is 853 g/mol. The van der Waals surface area contributed by atoms with Crippen LogP contribution in [0.3, 0.4) is 0 Å². The summed E-state index contributed by atoms with van der Waals surface area (Å²) >= 11 is 0. The van der Waals surface area contributed by atoms with Crippen molar-refractivity contribution < 1.29 is 28.6 Å². The summed E-state index contributed by atoms with van der Waals surface area (Å²) in [4.78, 5) is 38.2. The van der Waals surface area contributed by atoms with Crippen molar-refractivity contribution >= 4 is 17.9 Å². The first-order valence-corrected chi connectivity index (χ1v) is 30.5. The van der Waals surface area contributed by atoms with Crippen LogP contribution in [0.25, 0.3) is 0 Å². The van der Waals surface area contributed by atoms with Gasteiger partial charge in [0, 0.05) is 19.3 Å². The molecule has 0 saturated carbocycles. The lowest BCUT2D eigenvalue weighted by Crippen LogP contribution is -2.30. The third-order valence-corrected chi connectivity index (χ3v) is 13.6. The van der Waals surface area contributed by atoms with E-state index in [1.54, 1.807) is 0 Å². The van der Waals surface area contributed by atoms with Crippen molar-refractivity contribution in [1.82, 2.24) is 0 Å². The predicted octanol–water partition coefficient (Wildman–Crippen LogP) is 20.4. The van der Waals surface area contributed by atoms with Gasteiger partial charge in [-0.2, -0.15) is 0 Å². The van der Waals surface area contributed by atoms with Crippen LogP contribution < -0.4 is 0 Å². The van der Waals surface area contributed by atoms with Crippen molar-refractivity contribution in [2.75, 3.05) is 13.2 Å². The van der Waals surface area contributed by atoms with E-state index in [-0.39, 0.29) is 31.1 Å². The number of carbonyl (C=O) groups excluding carboxylic acids is 3. The van der Waals surface area contributed by atoms with Crippen molar-refractivity contribution in [2.45, 2.75) is 335 Å². The van der Waals surface area contributed by atoms with Crippen LogP contribution in [-0.4, -0.2) is 37.2 Å². The number of esters is 3. The Morgan fingerprint density at radius 3 is 0.841 bits per heavy atom. The van der Waals surface area contributed by atoms with Gasteiger partial charge in [-0.05, 0) is 57.8 Å². The van der Waals surface area contributed by atoms with E-state index in [4.69, 9.17) is 14.2 Å². The molecule has 0 rings (SSSR count). The summed E-state index contributed by atoms with van der Waals surface area (Å²) in [6.07, 6.45) is 69.9. The van der Waals surface area contributed by atoms with E-state index in [9.17, 15) is 14.4 Å². The Morgan fingerprint density at radius 2 is 0.522 bits per heavy atom. The summed E-state index contributed by atoms with van der Waals surface area (Å²) in [5, 5.41) is 0. The number of ether oxygens (including phenoxy) is 3. The van der Waals surface area contributed by atoms with E-state index in [2.05, 4.69) is 57.2 Å². The maximum atomic E-state index is 12.9. The Morgan fingerprint density at radius 1 is 0.290 bits per heavy atom. The number of hydrogen-bond donors (Lipinski definition) is 0. The van der Waals surface area contributed by atoms with Gasteiger partial charge in [0.1, 0.15) is 13.2 Å². The third-order valence-electron chi connectivity index (χ3n) is 13.6.